The molecule has 0 saturated heterocycles. The Bertz CT molecular complexity index is 981. The van der Waals surface area contributed by atoms with Gasteiger partial charge in [-0.2, -0.15) is 0 Å². The predicted octanol–water partition coefficient (Wildman–Crippen LogP) is 5.21. The zero-order chi connectivity index (χ0) is 22.1. The number of hydrogen-bond acceptors (Lipinski definition) is 5. The molecule has 2 saturated carbocycles. The molecule has 2 aliphatic carbocycles. The summed E-state index contributed by atoms with van der Waals surface area (Å²) in [6.45, 7) is 1.56. The number of methoxy groups -OCH3 is 3. The average Bonchev–Trinajstić information content (AvgIpc) is 3.34. The summed E-state index contributed by atoms with van der Waals surface area (Å²) in [6, 6.07) is 13.7. The maximum absolute atomic E-state index is 12.0. The zero-order valence-electron chi connectivity index (χ0n) is 18.7. The molecular weight excluding hydrogens is 392 g/mol. The van der Waals surface area contributed by atoms with Gasteiger partial charge in [0.05, 0.1) is 19.8 Å². The van der Waals surface area contributed by atoms with Crippen molar-refractivity contribution < 1.29 is 23.7 Å². The summed E-state index contributed by atoms with van der Waals surface area (Å²) in [4.78, 5) is 12.0. The zero-order valence-corrected chi connectivity index (χ0v) is 18.7. The number of carbonyl (C=O) groups excluding carboxylic acids is 1. The van der Waals surface area contributed by atoms with Gasteiger partial charge in [-0.25, -0.2) is 0 Å². The molecule has 0 aliphatic heterocycles. The summed E-state index contributed by atoms with van der Waals surface area (Å²) in [6.07, 6.45) is 6.79. The van der Waals surface area contributed by atoms with Gasteiger partial charge in [0, 0.05) is 13.5 Å². The van der Waals surface area contributed by atoms with Gasteiger partial charge in [-0.15, -0.1) is 0 Å². The summed E-state index contributed by atoms with van der Waals surface area (Å²) in [5.74, 6) is 2.11. The average molecular weight is 423 g/mol. The van der Waals surface area contributed by atoms with Crippen LogP contribution in [0.5, 0.6) is 17.2 Å². The Kier molecular flexibility index (Phi) is 5.80. The summed E-state index contributed by atoms with van der Waals surface area (Å²) in [7, 11) is 5.02. The molecule has 0 aromatic heterocycles. The van der Waals surface area contributed by atoms with Crippen molar-refractivity contribution in [2.45, 2.75) is 50.2 Å². The maximum atomic E-state index is 12.0. The molecule has 2 aromatic rings. The monoisotopic (exact) mass is 422 g/mol. The molecule has 0 heterocycles. The van der Waals surface area contributed by atoms with E-state index in [9.17, 15) is 4.79 Å². The van der Waals surface area contributed by atoms with Crippen molar-refractivity contribution in [2.24, 2.45) is 0 Å². The van der Waals surface area contributed by atoms with Gasteiger partial charge in [0.1, 0.15) is 11.4 Å². The third kappa shape index (κ3) is 4.19. The third-order valence-corrected chi connectivity index (χ3v) is 6.69. The van der Waals surface area contributed by atoms with Crippen LogP contribution in [0, 0.1) is 0 Å². The van der Waals surface area contributed by atoms with Crippen molar-refractivity contribution >= 4 is 11.4 Å². The molecule has 164 valence electrons. The molecule has 2 bridgehead atoms. The first kappa shape index (κ1) is 21.4. The summed E-state index contributed by atoms with van der Waals surface area (Å²) >= 11 is 0. The van der Waals surface area contributed by atoms with Crippen molar-refractivity contribution in [1.82, 2.24) is 0 Å². The second-order valence-corrected chi connectivity index (χ2v) is 8.61. The van der Waals surface area contributed by atoms with Crippen LogP contribution < -0.4 is 14.2 Å². The van der Waals surface area contributed by atoms with Crippen LogP contribution in [0.1, 0.15) is 50.2 Å². The van der Waals surface area contributed by atoms with E-state index in [1.54, 1.807) is 27.2 Å². The van der Waals surface area contributed by atoms with Crippen LogP contribution in [-0.2, 0) is 9.53 Å². The van der Waals surface area contributed by atoms with Gasteiger partial charge in [0.15, 0.2) is 17.3 Å². The van der Waals surface area contributed by atoms with Gasteiger partial charge in [-0.3, -0.25) is 4.79 Å². The molecule has 2 aliphatic rings. The van der Waals surface area contributed by atoms with Crippen molar-refractivity contribution in [3.63, 3.8) is 0 Å². The van der Waals surface area contributed by atoms with Gasteiger partial charge in [0.25, 0.3) is 0 Å². The SMILES string of the molecule is COc1ccc(C(=CC(C)=O)c2ccc(OC34CCC(OC)(CC3)C4)cc2)cc1OC. The van der Waals surface area contributed by atoms with E-state index in [1.165, 1.54) is 0 Å². The first-order valence-corrected chi connectivity index (χ1v) is 10.7. The van der Waals surface area contributed by atoms with Crippen LogP contribution in [0.25, 0.3) is 5.57 Å². The van der Waals surface area contributed by atoms with Gasteiger partial charge in [-0.1, -0.05) is 18.2 Å². The lowest BCUT2D eigenvalue weighted by molar-refractivity contribution is -0.112. The Labute approximate surface area is 184 Å². The summed E-state index contributed by atoms with van der Waals surface area (Å²) < 4.78 is 23.0. The fourth-order valence-electron chi connectivity index (χ4n) is 5.01. The number of fused-ring (bicyclic) bond motifs is 2. The van der Waals surface area contributed by atoms with Gasteiger partial charge in [0.2, 0.25) is 0 Å². The van der Waals surface area contributed by atoms with Crippen LogP contribution in [0.4, 0.5) is 0 Å². The fourth-order valence-corrected chi connectivity index (χ4v) is 5.01. The van der Waals surface area contributed by atoms with Gasteiger partial charge in [-0.05, 0) is 79.6 Å². The van der Waals surface area contributed by atoms with E-state index in [4.69, 9.17) is 18.9 Å². The van der Waals surface area contributed by atoms with Crippen LogP contribution >= 0.6 is 0 Å². The second-order valence-electron chi connectivity index (χ2n) is 8.61. The Morgan fingerprint density at radius 2 is 1.45 bits per heavy atom. The Balaban J connectivity index is 1.59. The lowest BCUT2D eigenvalue weighted by atomic mass is 9.94. The molecule has 31 heavy (non-hydrogen) atoms. The lowest BCUT2D eigenvalue weighted by Crippen LogP contribution is -2.30. The van der Waals surface area contributed by atoms with Crippen molar-refractivity contribution in [1.29, 1.82) is 0 Å². The quantitative estimate of drug-likeness (QED) is 0.547. The normalized spacial score (nSPS) is 24.8. The molecule has 0 radical (unpaired) electrons. The maximum Gasteiger partial charge on any atom is 0.161 e. The standard InChI is InChI=1S/C26H30O5/c1-18(27)15-22(20-7-10-23(28-2)24(16-20)29-3)19-5-8-21(9-6-19)31-26-13-11-25(17-26,30-4)12-14-26/h5-10,15-16H,11-14,17H2,1-4H3. The molecule has 4 rings (SSSR count). The van der Waals surface area contributed by atoms with E-state index in [-0.39, 0.29) is 17.0 Å². The number of benzene rings is 2. The minimum atomic E-state index is -0.112. The minimum Gasteiger partial charge on any atom is -0.493 e. The number of ether oxygens (including phenoxy) is 4. The molecule has 5 nitrogen and oxygen atoms in total. The Hall–Kier alpha value is -2.79. The molecule has 5 heteroatoms. The van der Waals surface area contributed by atoms with E-state index >= 15 is 0 Å². The highest BCUT2D eigenvalue weighted by molar-refractivity contribution is 5.99. The van der Waals surface area contributed by atoms with Gasteiger partial charge < -0.3 is 18.9 Å². The summed E-state index contributed by atoms with van der Waals surface area (Å²) in [5, 5.41) is 0. The van der Waals surface area contributed by atoms with E-state index in [0.29, 0.717) is 11.5 Å². The van der Waals surface area contributed by atoms with Crippen molar-refractivity contribution in [2.75, 3.05) is 21.3 Å². The highest BCUT2D eigenvalue weighted by atomic mass is 16.5. The second kappa shape index (κ2) is 8.39. The highest BCUT2D eigenvalue weighted by Crippen LogP contribution is 2.54. The van der Waals surface area contributed by atoms with Crippen LogP contribution in [0.3, 0.4) is 0 Å². The molecule has 2 aromatic carbocycles. The number of carbonyl (C=O) groups is 1. The fraction of sp³-hybridized carbons (Fsp3) is 0.423. The molecular formula is C26H30O5. The smallest absolute Gasteiger partial charge is 0.161 e. The number of hydrogen-bond donors (Lipinski definition) is 0. The molecule has 0 unspecified atom stereocenters. The minimum absolute atomic E-state index is 0.00472. The summed E-state index contributed by atoms with van der Waals surface area (Å²) in [5.41, 5.74) is 2.55. The molecule has 0 spiro atoms. The molecule has 0 N–H and O–H groups in total. The lowest BCUT2D eigenvalue weighted by Gasteiger charge is -2.28. The van der Waals surface area contributed by atoms with Crippen molar-refractivity contribution in [3.8, 4) is 17.2 Å². The highest BCUT2D eigenvalue weighted by Gasteiger charge is 2.56. The topological polar surface area (TPSA) is 54.0 Å². The Morgan fingerprint density at radius 1 is 0.839 bits per heavy atom. The molecule has 0 amide bonds. The van der Waals surface area contributed by atoms with E-state index in [1.807, 2.05) is 49.6 Å². The molecule has 0 atom stereocenters. The van der Waals surface area contributed by atoms with Crippen LogP contribution in [0.15, 0.2) is 48.5 Å². The van der Waals surface area contributed by atoms with Crippen LogP contribution in [0.2, 0.25) is 0 Å². The van der Waals surface area contributed by atoms with E-state index in [0.717, 1.165) is 54.6 Å². The Morgan fingerprint density at radius 3 is 2.00 bits per heavy atom. The van der Waals surface area contributed by atoms with Gasteiger partial charge >= 0.3 is 0 Å². The number of ketones is 1. The first-order chi connectivity index (χ1) is 14.9. The third-order valence-electron chi connectivity index (χ3n) is 6.69. The first-order valence-electron chi connectivity index (χ1n) is 10.7. The molecule has 2 fully saturated rings. The largest absolute Gasteiger partial charge is 0.493 e. The van der Waals surface area contributed by atoms with E-state index < -0.39 is 0 Å². The predicted molar refractivity (Wildman–Crippen MR) is 120 cm³/mol. The van der Waals surface area contributed by atoms with Crippen molar-refractivity contribution in [3.05, 3.63) is 59.7 Å². The van der Waals surface area contributed by atoms with Crippen LogP contribution in [-0.4, -0.2) is 38.3 Å². The van der Waals surface area contributed by atoms with E-state index in [2.05, 4.69) is 0 Å². The number of allylic oxidation sites excluding steroid dienone is 1. The number of rotatable bonds is 8.